The highest BCUT2D eigenvalue weighted by Gasteiger charge is 2.50. The SMILES string of the molecule is C[C@@H](/C=C/CCCNO)O[Si](c1ccccc1)(c1ccccc1)C(C)(C)C. The predicted octanol–water partition coefficient (Wildman–Crippen LogP) is 4.27. The molecule has 0 aromatic heterocycles. The largest absolute Gasteiger partial charge is 0.401 e. The smallest absolute Gasteiger partial charge is 0.261 e. The average molecular weight is 384 g/mol. The van der Waals surface area contributed by atoms with Gasteiger partial charge in [0.05, 0.1) is 6.10 Å². The van der Waals surface area contributed by atoms with Crippen molar-refractivity contribution in [3.05, 3.63) is 72.8 Å². The Bertz CT molecular complexity index is 656. The lowest BCUT2D eigenvalue weighted by atomic mass is 10.2. The molecule has 2 N–H and O–H groups in total. The minimum Gasteiger partial charge on any atom is -0.401 e. The molecule has 0 saturated carbocycles. The number of rotatable bonds is 9. The fourth-order valence-electron chi connectivity index (χ4n) is 3.60. The number of hydrogen-bond donors (Lipinski definition) is 2. The van der Waals surface area contributed by atoms with Gasteiger partial charge >= 0.3 is 0 Å². The Hall–Kier alpha value is -1.72. The van der Waals surface area contributed by atoms with E-state index in [9.17, 15) is 0 Å². The van der Waals surface area contributed by atoms with Crippen molar-refractivity contribution in [2.45, 2.75) is 51.7 Å². The molecule has 1 atom stereocenters. The second-order valence-corrected chi connectivity index (χ2v) is 12.2. The number of allylic oxidation sites excluding steroid dienone is 1. The van der Waals surface area contributed by atoms with Crippen molar-refractivity contribution in [2.24, 2.45) is 0 Å². The Kier molecular flexibility index (Phi) is 7.99. The van der Waals surface area contributed by atoms with E-state index in [1.807, 2.05) is 0 Å². The average Bonchev–Trinajstić information content (AvgIpc) is 2.66. The second-order valence-electron chi connectivity index (χ2n) is 7.96. The summed E-state index contributed by atoms with van der Waals surface area (Å²) >= 11 is 0. The molecule has 0 aliphatic rings. The van der Waals surface area contributed by atoms with Crippen LogP contribution in [0.2, 0.25) is 5.04 Å². The molecule has 146 valence electrons. The molecule has 4 heteroatoms. The number of unbranched alkanes of at least 4 members (excludes halogenated alkanes) is 1. The van der Waals surface area contributed by atoms with E-state index in [2.05, 4.69) is 106 Å². The van der Waals surface area contributed by atoms with Gasteiger partial charge in [-0.2, -0.15) is 0 Å². The Morgan fingerprint density at radius 1 is 1.00 bits per heavy atom. The Morgan fingerprint density at radius 3 is 1.96 bits per heavy atom. The van der Waals surface area contributed by atoms with E-state index in [0.717, 1.165) is 12.8 Å². The van der Waals surface area contributed by atoms with Gasteiger partial charge in [0, 0.05) is 6.54 Å². The number of hydroxylamine groups is 1. The van der Waals surface area contributed by atoms with E-state index >= 15 is 0 Å². The molecule has 0 saturated heterocycles. The first-order valence-electron chi connectivity index (χ1n) is 9.74. The van der Waals surface area contributed by atoms with Crippen LogP contribution in [-0.4, -0.2) is 26.2 Å². The molecule has 0 heterocycles. The predicted molar refractivity (Wildman–Crippen MR) is 116 cm³/mol. The molecule has 0 fully saturated rings. The molecule has 2 rings (SSSR count). The van der Waals surface area contributed by atoms with Gasteiger partial charge in [0.2, 0.25) is 0 Å². The maximum absolute atomic E-state index is 8.68. The maximum atomic E-state index is 8.68. The zero-order valence-corrected chi connectivity index (χ0v) is 18.0. The van der Waals surface area contributed by atoms with Gasteiger partial charge in [-0.1, -0.05) is 93.6 Å². The molecule has 0 bridgehead atoms. The van der Waals surface area contributed by atoms with Crippen molar-refractivity contribution >= 4 is 18.7 Å². The Balaban J connectivity index is 2.41. The van der Waals surface area contributed by atoms with Crippen LogP contribution < -0.4 is 15.9 Å². The van der Waals surface area contributed by atoms with Crippen LogP contribution in [0.3, 0.4) is 0 Å². The molecule has 0 aliphatic carbocycles. The van der Waals surface area contributed by atoms with Crippen LogP contribution in [0.15, 0.2) is 72.8 Å². The first kappa shape index (κ1) is 21.6. The van der Waals surface area contributed by atoms with E-state index < -0.39 is 8.32 Å². The lowest BCUT2D eigenvalue weighted by Crippen LogP contribution is -2.67. The molecule has 27 heavy (non-hydrogen) atoms. The highest BCUT2D eigenvalue weighted by atomic mass is 28.4. The normalized spacial score (nSPS) is 13.8. The van der Waals surface area contributed by atoms with Crippen LogP contribution in [0.25, 0.3) is 0 Å². The lowest BCUT2D eigenvalue weighted by Gasteiger charge is -2.44. The molecule has 3 nitrogen and oxygen atoms in total. The summed E-state index contributed by atoms with van der Waals surface area (Å²) < 4.78 is 6.97. The van der Waals surface area contributed by atoms with E-state index in [-0.39, 0.29) is 11.1 Å². The third kappa shape index (κ3) is 5.39. The molecule has 2 aromatic rings. The second kappa shape index (κ2) is 9.99. The Morgan fingerprint density at radius 2 is 1.52 bits per heavy atom. The summed E-state index contributed by atoms with van der Waals surface area (Å²) in [6.07, 6.45) is 6.13. The zero-order valence-electron chi connectivity index (χ0n) is 17.0. The summed E-state index contributed by atoms with van der Waals surface area (Å²) in [6.45, 7) is 9.61. The van der Waals surface area contributed by atoms with Gasteiger partial charge in [0.25, 0.3) is 8.32 Å². The minimum atomic E-state index is -2.49. The summed E-state index contributed by atoms with van der Waals surface area (Å²) in [5.41, 5.74) is 2.20. The fourth-order valence-corrected chi connectivity index (χ4v) is 8.25. The summed E-state index contributed by atoms with van der Waals surface area (Å²) in [4.78, 5) is 0. The number of benzene rings is 2. The summed E-state index contributed by atoms with van der Waals surface area (Å²) in [6, 6.07) is 21.4. The molecule has 0 amide bonds. The zero-order chi connectivity index (χ0) is 19.8. The number of hydrogen-bond acceptors (Lipinski definition) is 3. The van der Waals surface area contributed by atoms with Crippen molar-refractivity contribution in [3.63, 3.8) is 0 Å². The van der Waals surface area contributed by atoms with Crippen molar-refractivity contribution < 1.29 is 9.63 Å². The quantitative estimate of drug-likeness (QED) is 0.294. The van der Waals surface area contributed by atoms with Crippen LogP contribution in [0, 0.1) is 0 Å². The topological polar surface area (TPSA) is 41.5 Å². The summed E-state index contributed by atoms with van der Waals surface area (Å²) in [7, 11) is -2.49. The fraction of sp³-hybridized carbons (Fsp3) is 0.391. The van der Waals surface area contributed by atoms with Crippen LogP contribution in [0.4, 0.5) is 0 Å². The van der Waals surface area contributed by atoms with Gasteiger partial charge in [-0.05, 0) is 35.2 Å². The van der Waals surface area contributed by atoms with Gasteiger partial charge in [0.15, 0.2) is 0 Å². The van der Waals surface area contributed by atoms with Gasteiger partial charge in [0.1, 0.15) is 0 Å². The first-order valence-corrected chi connectivity index (χ1v) is 11.6. The van der Waals surface area contributed by atoms with E-state index in [4.69, 9.17) is 9.63 Å². The van der Waals surface area contributed by atoms with E-state index in [1.165, 1.54) is 10.4 Å². The van der Waals surface area contributed by atoms with Crippen molar-refractivity contribution in [2.75, 3.05) is 6.54 Å². The third-order valence-corrected chi connectivity index (χ3v) is 9.98. The summed E-state index contributed by atoms with van der Waals surface area (Å²) in [5.74, 6) is 0. The van der Waals surface area contributed by atoms with Crippen LogP contribution in [0.5, 0.6) is 0 Å². The monoisotopic (exact) mass is 383 g/mol. The minimum absolute atomic E-state index is 0.0124. The molecule has 0 aliphatic heterocycles. The molecular weight excluding hydrogens is 350 g/mol. The van der Waals surface area contributed by atoms with Crippen molar-refractivity contribution in [1.29, 1.82) is 0 Å². The molecule has 0 spiro atoms. The Labute approximate surface area is 165 Å². The van der Waals surface area contributed by atoms with Crippen molar-refractivity contribution in [3.8, 4) is 0 Å². The lowest BCUT2D eigenvalue weighted by molar-refractivity contribution is 0.166. The third-order valence-electron chi connectivity index (χ3n) is 4.85. The molecule has 0 radical (unpaired) electrons. The van der Waals surface area contributed by atoms with Gasteiger partial charge in [-0.25, -0.2) is 5.48 Å². The van der Waals surface area contributed by atoms with E-state index in [1.54, 1.807) is 0 Å². The van der Waals surface area contributed by atoms with Crippen molar-refractivity contribution in [1.82, 2.24) is 5.48 Å². The highest BCUT2D eigenvalue weighted by Crippen LogP contribution is 2.37. The van der Waals surface area contributed by atoms with Crippen LogP contribution in [-0.2, 0) is 4.43 Å². The molecule has 2 aromatic carbocycles. The van der Waals surface area contributed by atoms with Crippen LogP contribution in [0.1, 0.15) is 40.5 Å². The van der Waals surface area contributed by atoms with Gasteiger partial charge in [-0.3, -0.25) is 0 Å². The van der Waals surface area contributed by atoms with E-state index in [0.29, 0.717) is 6.54 Å². The maximum Gasteiger partial charge on any atom is 0.261 e. The highest BCUT2D eigenvalue weighted by molar-refractivity contribution is 6.99. The standard InChI is InChI=1S/C23H33NO2Si/c1-20(14-8-7-13-19-24-25)26-27(23(2,3)4,21-15-9-5-10-16-21)22-17-11-6-12-18-22/h5-6,8-12,14-18,20,24-25H,7,13,19H2,1-4H3/b14-8+/t20-/m0/s1. The van der Waals surface area contributed by atoms with Crippen LogP contribution >= 0.6 is 0 Å². The number of nitrogens with one attached hydrogen (secondary N) is 1. The summed E-state index contributed by atoms with van der Waals surface area (Å²) in [5, 5.41) is 11.3. The first-order chi connectivity index (χ1) is 12.9. The molecule has 0 unspecified atom stereocenters. The van der Waals surface area contributed by atoms with Gasteiger partial charge in [-0.15, -0.1) is 0 Å². The van der Waals surface area contributed by atoms with Gasteiger partial charge < -0.3 is 9.63 Å². The molecular formula is C23H33NO2Si.